The predicted octanol–water partition coefficient (Wildman–Crippen LogP) is 7.18. The summed E-state index contributed by atoms with van der Waals surface area (Å²) in [6, 6.07) is 35.0. The Morgan fingerprint density at radius 1 is 0.500 bits per heavy atom. The SMILES string of the molecule is C.N#COc1ccc(-c2ccc(-c3ccccc3-c3ccccc3)cc2)cc1. The number of ether oxygens (including phenoxy) is 1. The average molecular weight is 363 g/mol. The van der Waals surface area contributed by atoms with E-state index >= 15 is 0 Å². The fourth-order valence-electron chi connectivity index (χ4n) is 3.21. The summed E-state index contributed by atoms with van der Waals surface area (Å²) in [5.74, 6) is 0.551. The molecule has 0 aromatic heterocycles. The van der Waals surface area contributed by atoms with Crippen molar-refractivity contribution in [2.24, 2.45) is 0 Å². The van der Waals surface area contributed by atoms with Gasteiger partial charge in [-0.3, -0.25) is 0 Å². The monoisotopic (exact) mass is 363 g/mol. The van der Waals surface area contributed by atoms with Crippen molar-refractivity contribution >= 4 is 0 Å². The largest absolute Gasteiger partial charge is 0.388 e. The first kappa shape index (κ1) is 18.9. The third-order valence-corrected chi connectivity index (χ3v) is 4.56. The molecule has 0 saturated heterocycles. The van der Waals surface area contributed by atoms with Crippen LogP contribution in [0, 0.1) is 11.5 Å². The van der Waals surface area contributed by atoms with E-state index in [4.69, 9.17) is 10.00 Å². The van der Waals surface area contributed by atoms with Crippen LogP contribution in [0.4, 0.5) is 0 Å². The molecule has 0 atom stereocenters. The maximum absolute atomic E-state index is 8.58. The van der Waals surface area contributed by atoms with Gasteiger partial charge >= 0.3 is 0 Å². The van der Waals surface area contributed by atoms with Crippen LogP contribution in [0.25, 0.3) is 33.4 Å². The molecule has 0 spiro atoms. The lowest BCUT2D eigenvalue weighted by atomic mass is 9.93. The highest BCUT2D eigenvalue weighted by Gasteiger charge is 2.07. The number of nitrogens with zero attached hydrogens (tertiary/aromatic N) is 1. The zero-order valence-electron chi connectivity index (χ0n) is 14.7. The highest BCUT2D eigenvalue weighted by atomic mass is 16.5. The zero-order chi connectivity index (χ0) is 18.5. The molecule has 0 saturated carbocycles. The number of hydrogen-bond acceptors (Lipinski definition) is 2. The van der Waals surface area contributed by atoms with Crippen molar-refractivity contribution in [2.45, 2.75) is 7.43 Å². The van der Waals surface area contributed by atoms with Crippen LogP contribution in [-0.4, -0.2) is 0 Å². The average Bonchev–Trinajstić information content (AvgIpc) is 2.75. The van der Waals surface area contributed by atoms with E-state index in [0.29, 0.717) is 5.75 Å². The van der Waals surface area contributed by atoms with Gasteiger partial charge in [0.15, 0.2) is 0 Å². The molecule has 0 fully saturated rings. The van der Waals surface area contributed by atoms with Gasteiger partial charge in [0, 0.05) is 0 Å². The second-order valence-corrected chi connectivity index (χ2v) is 6.21. The van der Waals surface area contributed by atoms with Crippen molar-refractivity contribution in [3.8, 4) is 45.4 Å². The van der Waals surface area contributed by atoms with Gasteiger partial charge in [-0.25, -0.2) is 0 Å². The number of hydrogen-bond donors (Lipinski definition) is 0. The van der Waals surface area contributed by atoms with Gasteiger partial charge in [0.05, 0.1) is 0 Å². The molecule has 4 aromatic carbocycles. The van der Waals surface area contributed by atoms with E-state index in [1.807, 2.05) is 18.2 Å². The predicted molar refractivity (Wildman–Crippen MR) is 116 cm³/mol. The van der Waals surface area contributed by atoms with Crippen LogP contribution in [-0.2, 0) is 0 Å². The Balaban J connectivity index is 0.00000225. The van der Waals surface area contributed by atoms with E-state index in [2.05, 4.69) is 72.8 Å². The highest BCUT2D eigenvalue weighted by Crippen LogP contribution is 2.33. The van der Waals surface area contributed by atoms with Crippen LogP contribution in [0.15, 0.2) is 103 Å². The Bertz CT molecular complexity index is 1080. The van der Waals surface area contributed by atoms with Gasteiger partial charge in [-0.05, 0) is 45.5 Å². The number of nitriles is 1. The van der Waals surface area contributed by atoms with Crippen molar-refractivity contribution in [1.29, 1.82) is 5.26 Å². The Hall–Kier alpha value is -3.83. The Labute approximate surface area is 166 Å². The zero-order valence-corrected chi connectivity index (χ0v) is 14.7. The van der Waals surface area contributed by atoms with Crippen molar-refractivity contribution in [3.63, 3.8) is 0 Å². The maximum atomic E-state index is 8.58. The minimum absolute atomic E-state index is 0. The molecule has 0 aliphatic carbocycles. The van der Waals surface area contributed by atoms with E-state index < -0.39 is 0 Å². The second-order valence-electron chi connectivity index (χ2n) is 6.21. The second kappa shape index (κ2) is 8.70. The first-order chi connectivity index (χ1) is 13.3. The molecular formula is C26H21NO. The first-order valence-corrected chi connectivity index (χ1v) is 8.76. The summed E-state index contributed by atoms with van der Waals surface area (Å²) in [7, 11) is 0. The van der Waals surface area contributed by atoms with Gasteiger partial charge in [0.1, 0.15) is 5.75 Å². The van der Waals surface area contributed by atoms with Gasteiger partial charge in [-0.15, -0.1) is 5.26 Å². The lowest BCUT2D eigenvalue weighted by Crippen LogP contribution is -1.86. The van der Waals surface area contributed by atoms with Crippen LogP contribution in [0.3, 0.4) is 0 Å². The normalized spacial score (nSPS) is 9.82. The minimum atomic E-state index is 0. The molecular weight excluding hydrogens is 342 g/mol. The van der Waals surface area contributed by atoms with Crippen molar-refractivity contribution < 1.29 is 4.74 Å². The number of rotatable bonds is 4. The van der Waals surface area contributed by atoms with Crippen LogP contribution in [0.5, 0.6) is 5.75 Å². The van der Waals surface area contributed by atoms with Crippen LogP contribution in [0.2, 0.25) is 0 Å². The fourth-order valence-corrected chi connectivity index (χ4v) is 3.21. The molecule has 4 aromatic rings. The quantitative estimate of drug-likeness (QED) is 0.360. The molecule has 0 heterocycles. The smallest absolute Gasteiger partial charge is 0.292 e. The summed E-state index contributed by atoms with van der Waals surface area (Å²) < 4.78 is 4.83. The molecule has 0 N–H and O–H groups in total. The van der Waals surface area contributed by atoms with Gasteiger partial charge in [0.2, 0.25) is 0 Å². The van der Waals surface area contributed by atoms with Crippen molar-refractivity contribution in [1.82, 2.24) is 0 Å². The summed E-state index contributed by atoms with van der Waals surface area (Å²) >= 11 is 0. The molecule has 28 heavy (non-hydrogen) atoms. The highest BCUT2D eigenvalue weighted by molar-refractivity contribution is 5.84. The van der Waals surface area contributed by atoms with Crippen LogP contribution >= 0.6 is 0 Å². The lowest BCUT2D eigenvalue weighted by Gasteiger charge is -2.11. The molecule has 4 rings (SSSR count). The maximum Gasteiger partial charge on any atom is 0.292 e. The van der Waals surface area contributed by atoms with E-state index in [9.17, 15) is 0 Å². The van der Waals surface area contributed by atoms with E-state index in [-0.39, 0.29) is 7.43 Å². The summed E-state index contributed by atoms with van der Waals surface area (Å²) in [4.78, 5) is 0. The summed E-state index contributed by atoms with van der Waals surface area (Å²) in [5, 5.41) is 8.58. The van der Waals surface area contributed by atoms with Gasteiger partial charge in [-0.1, -0.05) is 98.4 Å². The third-order valence-electron chi connectivity index (χ3n) is 4.56. The fraction of sp³-hybridized carbons (Fsp3) is 0.0385. The minimum Gasteiger partial charge on any atom is -0.388 e. The summed E-state index contributed by atoms with van der Waals surface area (Å²) in [6.45, 7) is 0. The van der Waals surface area contributed by atoms with Crippen LogP contribution in [0.1, 0.15) is 7.43 Å². The van der Waals surface area contributed by atoms with E-state index in [1.165, 1.54) is 22.3 Å². The topological polar surface area (TPSA) is 33.0 Å². The molecule has 0 radical (unpaired) electrons. The van der Waals surface area contributed by atoms with E-state index in [0.717, 1.165) is 11.1 Å². The van der Waals surface area contributed by atoms with E-state index in [1.54, 1.807) is 18.4 Å². The first-order valence-electron chi connectivity index (χ1n) is 8.76. The lowest BCUT2D eigenvalue weighted by molar-refractivity contribution is 0.507. The Morgan fingerprint density at radius 2 is 0.929 bits per heavy atom. The molecule has 0 unspecified atom stereocenters. The molecule has 0 aliphatic rings. The van der Waals surface area contributed by atoms with Gasteiger partial charge in [0.25, 0.3) is 6.26 Å². The molecule has 0 amide bonds. The number of benzene rings is 4. The van der Waals surface area contributed by atoms with Crippen molar-refractivity contribution in [2.75, 3.05) is 0 Å². The van der Waals surface area contributed by atoms with Gasteiger partial charge in [-0.2, -0.15) is 0 Å². The van der Waals surface area contributed by atoms with Gasteiger partial charge < -0.3 is 4.74 Å². The Morgan fingerprint density at radius 3 is 1.46 bits per heavy atom. The molecule has 2 nitrogen and oxygen atoms in total. The molecule has 0 bridgehead atoms. The van der Waals surface area contributed by atoms with Crippen LogP contribution < -0.4 is 4.74 Å². The molecule has 136 valence electrons. The Kier molecular flexibility index (Phi) is 5.89. The third kappa shape index (κ3) is 3.95. The molecule has 0 aliphatic heterocycles. The summed E-state index contributed by atoms with van der Waals surface area (Å²) in [5.41, 5.74) is 7.05. The molecule has 2 heteroatoms. The van der Waals surface area contributed by atoms with Crippen molar-refractivity contribution in [3.05, 3.63) is 103 Å². The summed E-state index contributed by atoms with van der Waals surface area (Å²) in [6.07, 6.45) is 1.69. The standard InChI is InChI=1S/C25H17NO.CH4/c26-18-27-23-16-14-20(15-17-23)19-10-12-22(13-11-19)25-9-5-4-8-24(25)21-6-2-1-3-7-21;/h1-17H;1H4.